The minimum absolute atomic E-state index is 0.0812. The van der Waals surface area contributed by atoms with Crippen molar-refractivity contribution in [3.63, 3.8) is 0 Å². The molecule has 1 unspecified atom stereocenters. The lowest BCUT2D eigenvalue weighted by molar-refractivity contribution is -0.142. The predicted octanol–water partition coefficient (Wildman–Crippen LogP) is 5.64. The van der Waals surface area contributed by atoms with E-state index in [4.69, 9.17) is 34.8 Å². The number of carbonyl (C=O) groups excluding carboxylic acids is 1. The molecule has 1 atom stereocenters. The third-order valence-electron chi connectivity index (χ3n) is 5.94. The molecule has 1 aromatic carbocycles. The largest absolute Gasteiger partial charge is 0.436 e. The molecule has 1 aliphatic carbocycles. The van der Waals surface area contributed by atoms with Gasteiger partial charge >= 0.3 is 6.18 Å². The van der Waals surface area contributed by atoms with Gasteiger partial charge in [0, 0.05) is 48.7 Å². The smallest absolute Gasteiger partial charge is 0.338 e. The lowest BCUT2D eigenvalue weighted by Crippen LogP contribution is -2.50. The summed E-state index contributed by atoms with van der Waals surface area (Å²) >= 11 is 18.2. The molecule has 1 saturated heterocycles. The van der Waals surface area contributed by atoms with E-state index >= 15 is 0 Å². The van der Waals surface area contributed by atoms with Gasteiger partial charge in [0.25, 0.3) is 0 Å². The fourth-order valence-corrected chi connectivity index (χ4v) is 4.87. The molecule has 1 saturated carbocycles. The summed E-state index contributed by atoms with van der Waals surface area (Å²) in [5, 5.41) is 4.50. The Bertz CT molecular complexity index is 1010. The van der Waals surface area contributed by atoms with Crippen molar-refractivity contribution in [2.24, 2.45) is 0 Å². The van der Waals surface area contributed by atoms with Gasteiger partial charge in [-0.1, -0.05) is 40.9 Å². The molecular weight excluding hydrogens is 488 g/mol. The molecule has 32 heavy (non-hydrogen) atoms. The van der Waals surface area contributed by atoms with Crippen LogP contribution in [0.4, 0.5) is 13.2 Å². The SMILES string of the molecule is CC(C(=O)N1CCN(Cc2ccc(Cl)cc2Cl)CC1)n1nc(C(F)(F)F)c(Cl)c1C1CC1. The van der Waals surface area contributed by atoms with E-state index in [2.05, 4.69) is 10.00 Å². The first-order valence-electron chi connectivity index (χ1n) is 10.4. The van der Waals surface area contributed by atoms with Gasteiger partial charge in [0.15, 0.2) is 5.69 Å². The molecule has 1 amide bonds. The van der Waals surface area contributed by atoms with E-state index in [1.165, 1.54) is 4.68 Å². The number of hydrogen-bond acceptors (Lipinski definition) is 3. The van der Waals surface area contributed by atoms with Gasteiger partial charge in [-0.2, -0.15) is 18.3 Å². The van der Waals surface area contributed by atoms with Crippen molar-refractivity contribution in [2.75, 3.05) is 26.2 Å². The van der Waals surface area contributed by atoms with Crippen LogP contribution in [0.15, 0.2) is 18.2 Å². The number of rotatable bonds is 5. The molecular formula is C21H22Cl3F3N4O. The Morgan fingerprint density at radius 3 is 2.38 bits per heavy atom. The van der Waals surface area contributed by atoms with Crippen molar-refractivity contribution >= 4 is 40.7 Å². The number of halogens is 6. The Labute approximate surface area is 199 Å². The average molecular weight is 510 g/mol. The summed E-state index contributed by atoms with van der Waals surface area (Å²) in [5.74, 6) is -0.341. The first-order valence-corrected chi connectivity index (χ1v) is 11.5. The molecule has 2 fully saturated rings. The Morgan fingerprint density at radius 2 is 1.81 bits per heavy atom. The number of carbonyl (C=O) groups is 1. The van der Waals surface area contributed by atoms with E-state index < -0.39 is 17.9 Å². The standard InChI is InChI=1S/C21H22Cl3F3N4O/c1-12(31-18(13-2-3-13)17(24)19(28-31)21(25,26)27)20(32)30-8-6-29(7-9-30)11-14-4-5-15(22)10-16(14)23/h4-5,10,12-13H,2-3,6-9,11H2,1H3. The number of alkyl halides is 3. The zero-order valence-electron chi connectivity index (χ0n) is 17.3. The molecule has 0 N–H and O–H groups in total. The average Bonchev–Trinajstić information content (AvgIpc) is 3.50. The second-order valence-electron chi connectivity index (χ2n) is 8.28. The van der Waals surface area contributed by atoms with Crippen molar-refractivity contribution in [3.8, 4) is 0 Å². The van der Waals surface area contributed by atoms with E-state index in [-0.39, 0.29) is 16.8 Å². The van der Waals surface area contributed by atoms with Crippen LogP contribution in [0.5, 0.6) is 0 Å². The summed E-state index contributed by atoms with van der Waals surface area (Å²) in [4.78, 5) is 17.0. The molecule has 1 aromatic heterocycles. The number of amides is 1. The molecule has 1 aliphatic heterocycles. The highest BCUT2D eigenvalue weighted by Crippen LogP contribution is 2.47. The van der Waals surface area contributed by atoms with Crippen LogP contribution in [0.2, 0.25) is 15.1 Å². The summed E-state index contributed by atoms with van der Waals surface area (Å²) < 4.78 is 41.2. The van der Waals surface area contributed by atoms with Gasteiger partial charge < -0.3 is 4.90 Å². The maximum atomic E-state index is 13.3. The first kappa shape index (κ1) is 23.7. The molecule has 0 spiro atoms. The van der Waals surface area contributed by atoms with E-state index in [1.54, 1.807) is 24.0 Å². The number of aromatic nitrogens is 2. The predicted molar refractivity (Wildman–Crippen MR) is 117 cm³/mol. The molecule has 0 radical (unpaired) electrons. The molecule has 5 nitrogen and oxygen atoms in total. The lowest BCUT2D eigenvalue weighted by atomic mass is 10.1. The zero-order chi connectivity index (χ0) is 23.2. The van der Waals surface area contributed by atoms with Crippen LogP contribution in [0, 0.1) is 0 Å². The van der Waals surface area contributed by atoms with Gasteiger partial charge in [-0.25, -0.2) is 0 Å². The van der Waals surface area contributed by atoms with E-state index in [1.807, 2.05) is 6.07 Å². The maximum Gasteiger partial charge on any atom is 0.436 e. The monoisotopic (exact) mass is 508 g/mol. The summed E-state index contributed by atoms with van der Waals surface area (Å²) in [7, 11) is 0. The van der Waals surface area contributed by atoms with Gasteiger partial charge in [0.2, 0.25) is 5.91 Å². The van der Waals surface area contributed by atoms with Crippen molar-refractivity contribution in [3.05, 3.63) is 50.2 Å². The normalized spacial score (nSPS) is 18.8. The number of hydrogen-bond donors (Lipinski definition) is 0. The van der Waals surface area contributed by atoms with Gasteiger partial charge in [-0.05, 0) is 37.5 Å². The van der Waals surface area contributed by atoms with Crippen LogP contribution in [0.25, 0.3) is 0 Å². The van der Waals surface area contributed by atoms with E-state index in [9.17, 15) is 18.0 Å². The van der Waals surface area contributed by atoms with Gasteiger partial charge in [-0.15, -0.1) is 0 Å². The van der Waals surface area contributed by atoms with Crippen LogP contribution < -0.4 is 0 Å². The number of nitrogens with zero attached hydrogens (tertiary/aromatic N) is 4. The molecule has 11 heteroatoms. The summed E-state index contributed by atoms with van der Waals surface area (Å²) in [6, 6.07) is 4.49. The topological polar surface area (TPSA) is 41.4 Å². The van der Waals surface area contributed by atoms with Gasteiger partial charge in [0.1, 0.15) is 6.04 Å². The zero-order valence-corrected chi connectivity index (χ0v) is 19.6. The molecule has 0 bridgehead atoms. The minimum Gasteiger partial charge on any atom is -0.338 e. The fourth-order valence-electron chi connectivity index (χ4n) is 4.01. The molecule has 4 rings (SSSR count). The third-order valence-corrected chi connectivity index (χ3v) is 6.90. The third kappa shape index (κ3) is 4.88. The van der Waals surface area contributed by atoms with Crippen molar-refractivity contribution in [2.45, 2.75) is 44.4 Å². The summed E-state index contributed by atoms with van der Waals surface area (Å²) in [5.41, 5.74) is 0.144. The highest BCUT2D eigenvalue weighted by molar-refractivity contribution is 6.35. The minimum atomic E-state index is -4.66. The molecule has 2 aliphatic rings. The number of piperazine rings is 1. The van der Waals surface area contributed by atoms with Crippen LogP contribution in [0.1, 0.15) is 48.7 Å². The summed E-state index contributed by atoms with van der Waals surface area (Å²) in [6.45, 7) is 4.39. The van der Waals surface area contributed by atoms with Gasteiger partial charge in [0.05, 0.1) is 10.7 Å². The Balaban J connectivity index is 1.43. The van der Waals surface area contributed by atoms with Crippen LogP contribution in [-0.2, 0) is 17.5 Å². The Kier molecular flexibility index (Phi) is 6.69. The highest BCUT2D eigenvalue weighted by Gasteiger charge is 2.43. The van der Waals surface area contributed by atoms with Crippen molar-refractivity contribution < 1.29 is 18.0 Å². The Morgan fingerprint density at radius 1 is 1.16 bits per heavy atom. The van der Waals surface area contributed by atoms with Crippen LogP contribution in [0.3, 0.4) is 0 Å². The quantitative estimate of drug-likeness (QED) is 0.523. The van der Waals surface area contributed by atoms with E-state index in [0.717, 1.165) is 18.4 Å². The van der Waals surface area contributed by atoms with E-state index in [0.29, 0.717) is 48.5 Å². The van der Waals surface area contributed by atoms with Crippen LogP contribution in [-0.4, -0.2) is 51.7 Å². The molecule has 2 heterocycles. The van der Waals surface area contributed by atoms with Crippen molar-refractivity contribution in [1.29, 1.82) is 0 Å². The fraction of sp³-hybridized carbons (Fsp3) is 0.524. The Hall–Kier alpha value is -1.48. The number of benzene rings is 1. The lowest BCUT2D eigenvalue weighted by Gasteiger charge is -2.36. The van der Waals surface area contributed by atoms with Crippen LogP contribution >= 0.6 is 34.8 Å². The second kappa shape index (κ2) is 9.05. The van der Waals surface area contributed by atoms with Crippen molar-refractivity contribution in [1.82, 2.24) is 19.6 Å². The molecule has 2 aromatic rings. The van der Waals surface area contributed by atoms with Gasteiger partial charge in [-0.3, -0.25) is 14.4 Å². The highest BCUT2D eigenvalue weighted by atomic mass is 35.5. The molecule has 174 valence electrons. The maximum absolute atomic E-state index is 13.3. The first-order chi connectivity index (χ1) is 15.1. The summed E-state index contributed by atoms with van der Waals surface area (Å²) in [6.07, 6.45) is -3.17. The second-order valence-corrected chi connectivity index (χ2v) is 9.50.